The Hall–Kier alpha value is -2.41. The zero-order valence-corrected chi connectivity index (χ0v) is 18.2. The van der Waals surface area contributed by atoms with Crippen LogP contribution in [0, 0.1) is 5.92 Å². The standard InChI is InChI=1S/C24H27ClN4O2/c25-19-7-5-18(6-8-19)24-21-4-2-1-3-20(21)23(31)29(24)14-13-28(24)22(30)16-27-15-17-9-11-26-12-10-17/h1-8,17,26-27H,9-16H2. The van der Waals surface area contributed by atoms with E-state index in [1.807, 2.05) is 58.3 Å². The molecule has 2 aromatic carbocycles. The first-order chi connectivity index (χ1) is 15.1. The maximum Gasteiger partial charge on any atom is 0.256 e. The van der Waals surface area contributed by atoms with Crippen molar-refractivity contribution in [1.82, 2.24) is 20.4 Å². The Bertz CT molecular complexity index is 989. The van der Waals surface area contributed by atoms with E-state index in [0.717, 1.165) is 43.6 Å². The van der Waals surface area contributed by atoms with Crippen LogP contribution in [-0.4, -0.2) is 60.9 Å². The topological polar surface area (TPSA) is 64.7 Å². The number of fused-ring (bicyclic) bond motifs is 3. The SMILES string of the molecule is O=C(CNCC1CCNCC1)N1CCN2C(=O)c3ccccc3C12c1ccc(Cl)cc1. The molecule has 2 aromatic rings. The number of nitrogens with one attached hydrogen (secondary N) is 2. The van der Waals surface area contributed by atoms with Crippen LogP contribution < -0.4 is 10.6 Å². The van der Waals surface area contributed by atoms with Gasteiger partial charge >= 0.3 is 0 Å². The number of carbonyl (C=O) groups is 2. The molecule has 1 unspecified atom stereocenters. The Kier molecular flexibility index (Phi) is 5.46. The van der Waals surface area contributed by atoms with Gasteiger partial charge in [0, 0.05) is 34.8 Å². The minimum Gasteiger partial charge on any atom is -0.317 e. The van der Waals surface area contributed by atoms with E-state index in [1.54, 1.807) is 0 Å². The van der Waals surface area contributed by atoms with Crippen LogP contribution in [0.4, 0.5) is 0 Å². The number of amides is 2. The number of halogens is 1. The molecule has 0 radical (unpaired) electrons. The smallest absolute Gasteiger partial charge is 0.256 e. The van der Waals surface area contributed by atoms with Gasteiger partial charge in [0.25, 0.3) is 5.91 Å². The van der Waals surface area contributed by atoms with E-state index in [9.17, 15) is 9.59 Å². The molecule has 0 aromatic heterocycles. The number of piperidine rings is 1. The van der Waals surface area contributed by atoms with Crippen LogP contribution >= 0.6 is 11.6 Å². The highest BCUT2D eigenvalue weighted by Crippen LogP contribution is 2.49. The first-order valence-electron chi connectivity index (χ1n) is 11.0. The first kappa shape index (κ1) is 20.5. The van der Waals surface area contributed by atoms with Crippen LogP contribution in [0.5, 0.6) is 0 Å². The molecule has 5 rings (SSSR count). The van der Waals surface area contributed by atoms with Crippen molar-refractivity contribution in [2.75, 3.05) is 39.3 Å². The molecule has 1 atom stereocenters. The molecule has 0 bridgehead atoms. The molecule has 162 valence electrons. The minimum atomic E-state index is -0.911. The molecule has 7 heteroatoms. The molecule has 2 saturated heterocycles. The summed E-state index contributed by atoms with van der Waals surface area (Å²) in [5.41, 5.74) is 1.51. The summed E-state index contributed by atoms with van der Waals surface area (Å²) in [6.45, 7) is 4.21. The van der Waals surface area contributed by atoms with Crippen molar-refractivity contribution in [1.29, 1.82) is 0 Å². The number of nitrogens with zero attached hydrogens (tertiary/aromatic N) is 2. The van der Waals surface area contributed by atoms with E-state index in [4.69, 9.17) is 11.6 Å². The second kappa shape index (κ2) is 8.26. The lowest BCUT2D eigenvalue weighted by molar-refractivity contribution is -0.135. The van der Waals surface area contributed by atoms with Gasteiger partial charge in [0.1, 0.15) is 0 Å². The van der Waals surface area contributed by atoms with Crippen LogP contribution in [-0.2, 0) is 10.5 Å². The fourth-order valence-electron chi connectivity index (χ4n) is 5.35. The Labute approximate surface area is 187 Å². The maximum atomic E-state index is 13.5. The molecular weight excluding hydrogens is 412 g/mol. The summed E-state index contributed by atoms with van der Waals surface area (Å²) in [5, 5.41) is 7.38. The predicted molar refractivity (Wildman–Crippen MR) is 120 cm³/mol. The molecule has 3 heterocycles. The Morgan fingerprint density at radius 3 is 2.61 bits per heavy atom. The van der Waals surface area contributed by atoms with E-state index in [-0.39, 0.29) is 18.4 Å². The van der Waals surface area contributed by atoms with Gasteiger partial charge in [0.05, 0.1) is 6.54 Å². The van der Waals surface area contributed by atoms with E-state index in [2.05, 4.69) is 10.6 Å². The van der Waals surface area contributed by atoms with Crippen LogP contribution in [0.15, 0.2) is 48.5 Å². The Balaban J connectivity index is 1.46. The van der Waals surface area contributed by atoms with Crippen molar-refractivity contribution in [2.45, 2.75) is 18.5 Å². The monoisotopic (exact) mass is 438 g/mol. The van der Waals surface area contributed by atoms with E-state index in [1.165, 1.54) is 0 Å². The molecule has 3 aliphatic heterocycles. The van der Waals surface area contributed by atoms with Crippen molar-refractivity contribution in [3.05, 3.63) is 70.2 Å². The largest absolute Gasteiger partial charge is 0.317 e. The minimum absolute atomic E-state index is 0.0101. The molecule has 0 aliphatic carbocycles. The lowest BCUT2D eigenvalue weighted by Crippen LogP contribution is -2.53. The van der Waals surface area contributed by atoms with Gasteiger partial charge in [-0.05, 0) is 56.6 Å². The summed E-state index contributed by atoms with van der Waals surface area (Å²) < 4.78 is 0. The lowest BCUT2D eigenvalue weighted by atomic mass is 9.90. The average Bonchev–Trinajstić information content (AvgIpc) is 3.31. The highest BCUT2D eigenvalue weighted by atomic mass is 35.5. The normalized spacial score (nSPS) is 23.2. The third kappa shape index (κ3) is 3.34. The van der Waals surface area contributed by atoms with Crippen LogP contribution in [0.25, 0.3) is 0 Å². The number of benzene rings is 2. The van der Waals surface area contributed by atoms with Gasteiger partial charge in [-0.15, -0.1) is 0 Å². The van der Waals surface area contributed by atoms with E-state index >= 15 is 0 Å². The zero-order chi connectivity index (χ0) is 21.4. The van der Waals surface area contributed by atoms with Gasteiger partial charge in [-0.25, -0.2) is 0 Å². The van der Waals surface area contributed by atoms with Crippen LogP contribution in [0.1, 0.15) is 34.3 Å². The highest BCUT2D eigenvalue weighted by molar-refractivity contribution is 6.30. The average molecular weight is 439 g/mol. The van der Waals surface area contributed by atoms with Gasteiger partial charge in [-0.2, -0.15) is 0 Å². The molecule has 0 spiro atoms. The maximum absolute atomic E-state index is 13.5. The summed E-state index contributed by atoms with van der Waals surface area (Å²) >= 11 is 6.15. The number of carbonyl (C=O) groups excluding carboxylic acids is 2. The van der Waals surface area contributed by atoms with Gasteiger partial charge in [0.15, 0.2) is 5.66 Å². The fourth-order valence-corrected chi connectivity index (χ4v) is 5.47. The molecule has 2 fully saturated rings. The lowest BCUT2D eigenvalue weighted by Gasteiger charge is -2.40. The summed E-state index contributed by atoms with van der Waals surface area (Å²) in [5.74, 6) is 0.586. The van der Waals surface area contributed by atoms with Crippen molar-refractivity contribution in [3.63, 3.8) is 0 Å². The van der Waals surface area contributed by atoms with E-state index in [0.29, 0.717) is 29.6 Å². The Morgan fingerprint density at radius 2 is 1.84 bits per heavy atom. The highest BCUT2D eigenvalue weighted by Gasteiger charge is 2.59. The molecule has 2 N–H and O–H groups in total. The summed E-state index contributed by atoms with van der Waals surface area (Å²) in [6.07, 6.45) is 2.27. The second-order valence-corrected chi connectivity index (χ2v) is 8.99. The predicted octanol–water partition coefficient (Wildman–Crippen LogP) is 2.43. The number of hydrogen-bond acceptors (Lipinski definition) is 4. The van der Waals surface area contributed by atoms with Gasteiger partial charge in [-0.1, -0.05) is 41.9 Å². The third-order valence-electron chi connectivity index (χ3n) is 6.82. The first-order valence-corrected chi connectivity index (χ1v) is 11.4. The molecule has 3 aliphatic rings. The molecule has 6 nitrogen and oxygen atoms in total. The molecule has 31 heavy (non-hydrogen) atoms. The van der Waals surface area contributed by atoms with Crippen LogP contribution in [0.2, 0.25) is 5.02 Å². The Morgan fingerprint density at radius 1 is 1.10 bits per heavy atom. The zero-order valence-electron chi connectivity index (χ0n) is 17.4. The van der Waals surface area contributed by atoms with Crippen LogP contribution in [0.3, 0.4) is 0 Å². The van der Waals surface area contributed by atoms with Crippen molar-refractivity contribution in [3.8, 4) is 0 Å². The summed E-state index contributed by atoms with van der Waals surface area (Å²) in [6, 6.07) is 15.1. The van der Waals surface area contributed by atoms with E-state index < -0.39 is 5.66 Å². The van der Waals surface area contributed by atoms with Crippen molar-refractivity contribution < 1.29 is 9.59 Å². The quantitative estimate of drug-likeness (QED) is 0.752. The second-order valence-electron chi connectivity index (χ2n) is 8.55. The van der Waals surface area contributed by atoms with Gasteiger partial charge < -0.3 is 20.4 Å². The van der Waals surface area contributed by atoms with Gasteiger partial charge in [0.2, 0.25) is 5.91 Å². The van der Waals surface area contributed by atoms with Gasteiger partial charge in [-0.3, -0.25) is 9.59 Å². The molecule has 2 amide bonds. The van der Waals surface area contributed by atoms with Crippen molar-refractivity contribution in [2.24, 2.45) is 5.92 Å². The molecule has 0 saturated carbocycles. The number of hydrogen-bond donors (Lipinski definition) is 2. The summed E-state index contributed by atoms with van der Waals surface area (Å²) in [4.78, 5) is 30.4. The summed E-state index contributed by atoms with van der Waals surface area (Å²) in [7, 11) is 0. The fraction of sp³-hybridized carbons (Fsp3) is 0.417. The molecular formula is C24H27ClN4O2. The number of rotatable bonds is 5. The third-order valence-corrected chi connectivity index (χ3v) is 7.07. The van der Waals surface area contributed by atoms with Crippen molar-refractivity contribution >= 4 is 23.4 Å².